The van der Waals surface area contributed by atoms with Gasteiger partial charge in [-0.25, -0.2) is 0 Å². The zero-order valence-corrected chi connectivity index (χ0v) is 12.9. The van der Waals surface area contributed by atoms with Gasteiger partial charge in [-0.05, 0) is 43.0 Å². The van der Waals surface area contributed by atoms with E-state index in [0.29, 0.717) is 18.7 Å². The number of unbranched alkanes of at least 4 members (excludes halogenated alkanes) is 2. The van der Waals surface area contributed by atoms with Crippen LogP contribution in [0.15, 0.2) is 24.3 Å². The first-order chi connectivity index (χ1) is 11.0. The highest BCUT2D eigenvalue weighted by Crippen LogP contribution is 2.26. The molecule has 0 aliphatic carbocycles. The molecule has 0 aliphatic heterocycles. The first kappa shape index (κ1) is 18.9. The largest absolute Gasteiger partial charge is 0.504 e. The molecular formula is C15H22N2O6. The first-order valence-electron chi connectivity index (χ1n) is 7.16. The van der Waals surface area contributed by atoms with Crippen LogP contribution in [-0.2, 0) is 9.63 Å². The Labute approximate surface area is 134 Å². The van der Waals surface area contributed by atoms with Crippen molar-refractivity contribution in [2.24, 2.45) is 0 Å². The van der Waals surface area contributed by atoms with Crippen molar-refractivity contribution < 1.29 is 29.9 Å². The van der Waals surface area contributed by atoms with Crippen molar-refractivity contribution in [3.63, 3.8) is 0 Å². The third-order valence-corrected chi connectivity index (χ3v) is 2.96. The number of carbonyl (C=O) groups is 1. The lowest BCUT2D eigenvalue weighted by Gasteiger charge is -2.06. The summed E-state index contributed by atoms with van der Waals surface area (Å²) >= 11 is 0. The lowest BCUT2D eigenvalue weighted by molar-refractivity contribution is -0.492. The van der Waals surface area contributed by atoms with Gasteiger partial charge in [-0.2, -0.15) is 0 Å². The van der Waals surface area contributed by atoms with E-state index >= 15 is 0 Å². The Hall–Kier alpha value is -2.13. The summed E-state index contributed by atoms with van der Waals surface area (Å²) in [6.07, 6.45) is 5.23. The molecule has 1 aromatic rings. The fourth-order valence-corrected chi connectivity index (χ4v) is 1.79. The van der Waals surface area contributed by atoms with Crippen LogP contribution in [0.5, 0.6) is 11.5 Å². The van der Waals surface area contributed by atoms with Gasteiger partial charge < -0.3 is 15.2 Å². The lowest BCUT2D eigenvalue weighted by Crippen LogP contribution is -2.22. The Kier molecular flexibility index (Phi) is 8.70. The molecule has 8 nitrogen and oxygen atoms in total. The van der Waals surface area contributed by atoms with Crippen molar-refractivity contribution in [3.8, 4) is 11.5 Å². The van der Waals surface area contributed by atoms with E-state index in [4.69, 9.17) is 15.2 Å². The van der Waals surface area contributed by atoms with E-state index in [9.17, 15) is 9.90 Å². The van der Waals surface area contributed by atoms with Crippen molar-refractivity contribution in [3.05, 3.63) is 29.8 Å². The van der Waals surface area contributed by atoms with Crippen molar-refractivity contribution in [2.45, 2.75) is 19.3 Å². The van der Waals surface area contributed by atoms with Crippen LogP contribution < -0.4 is 10.1 Å². The highest BCUT2D eigenvalue weighted by Gasteiger charge is 2.01. The first-order valence-corrected chi connectivity index (χ1v) is 7.16. The van der Waals surface area contributed by atoms with Crippen molar-refractivity contribution in [1.29, 1.82) is 0 Å². The van der Waals surface area contributed by atoms with E-state index in [0.717, 1.165) is 18.4 Å². The number of methoxy groups -OCH3 is 1. The summed E-state index contributed by atoms with van der Waals surface area (Å²) in [5.74, 6) is 0.174. The van der Waals surface area contributed by atoms with Crippen LogP contribution in [-0.4, -0.2) is 47.1 Å². The highest BCUT2D eigenvalue weighted by atomic mass is 17.1. The van der Waals surface area contributed by atoms with Gasteiger partial charge in [0.05, 0.1) is 19.1 Å². The van der Waals surface area contributed by atoms with E-state index in [1.807, 2.05) is 0 Å². The fraction of sp³-hybridized carbons (Fsp3) is 0.400. The summed E-state index contributed by atoms with van der Waals surface area (Å²) in [4.78, 5) is 16.0. The Morgan fingerprint density at radius 2 is 2.09 bits per heavy atom. The molecule has 0 aromatic heterocycles. The number of phenolic OH excluding ortho intramolecular Hbond substituents is 1. The summed E-state index contributed by atoms with van der Waals surface area (Å²) in [6.45, 7) is 0.716. The molecule has 4 N–H and O–H groups in total. The van der Waals surface area contributed by atoms with Crippen LogP contribution in [0.25, 0.3) is 6.08 Å². The molecule has 1 amide bonds. The second kappa shape index (κ2) is 10.6. The van der Waals surface area contributed by atoms with E-state index in [1.165, 1.54) is 19.3 Å². The van der Waals surface area contributed by atoms with Crippen molar-refractivity contribution >= 4 is 12.0 Å². The third-order valence-electron chi connectivity index (χ3n) is 2.96. The minimum atomic E-state index is -0.315. The summed E-state index contributed by atoms with van der Waals surface area (Å²) in [5, 5.41) is 28.5. The number of carbonyl (C=O) groups excluding carboxylic acids is 1. The number of rotatable bonds is 10. The van der Waals surface area contributed by atoms with Gasteiger partial charge in [-0.1, -0.05) is 6.07 Å². The topological polar surface area (TPSA) is 111 Å². The number of nitrogens with zero attached hydrogens (tertiary/aromatic N) is 1. The number of amides is 1. The Morgan fingerprint density at radius 1 is 1.30 bits per heavy atom. The predicted octanol–water partition coefficient (Wildman–Crippen LogP) is 1.71. The molecule has 0 aliphatic rings. The van der Waals surface area contributed by atoms with Gasteiger partial charge >= 0.3 is 0 Å². The number of phenols is 1. The third kappa shape index (κ3) is 8.17. The maximum Gasteiger partial charge on any atom is 0.243 e. The average Bonchev–Trinajstić information content (AvgIpc) is 2.52. The maximum absolute atomic E-state index is 11.6. The Balaban J connectivity index is 2.23. The van der Waals surface area contributed by atoms with E-state index in [2.05, 4.69) is 10.2 Å². The zero-order valence-electron chi connectivity index (χ0n) is 12.9. The molecule has 0 atom stereocenters. The second-order valence-electron chi connectivity index (χ2n) is 4.70. The molecule has 128 valence electrons. The highest BCUT2D eigenvalue weighted by molar-refractivity contribution is 5.91. The molecule has 0 bridgehead atoms. The van der Waals surface area contributed by atoms with Crippen molar-refractivity contribution in [2.75, 3.05) is 20.3 Å². The quantitative estimate of drug-likeness (QED) is 0.294. The van der Waals surface area contributed by atoms with Crippen LogP contribution in [0.3, 0.4) is 0 Å². The van der Waals surface area contributed by atoms with Gasteiger partial charge in [0.15, 0.2) is 11.5 Å². The smallest absolute Gasteiger partial charge is 0.243 e. The fourth-order valence-electron chi connectivity index (χ4n) is 1.79. The van der Waals surface area contributed by atoms with Crippen LogP contribution in [0.1, 0.15) is 24.8 Å². The molecule has 0 heterocycles. The van der Waals surface area contributed by atoms with Gasteiger partial charge in [0.1, 0.15) is 0 Å². The Bertz CT molecular complexity index is 519. The number of hydrogen-bond acceptors (Lipinski definition) is 7. The van der Waals surface area contributed by atoms with Crippen LogP contribution in [0, 0.1) is 0 Å². The standard InChI is InChI=1S/C15H22N2O6/c1-22-14-11-12(5-7-13(14)18)6-8-15(19)16-9-3-2-4-10-23-17(20)21/h5-8,11,18,20-21H,2-4,9-10H2,1H3,(H,16,19)/b8-6+. The van der Waals surface area contributed by atoms with E-state index in [1.54, 1.807) is 18.2 Å². The van der Waals surface area contributed by atoms with Gasteiger partial charge in [-0.15, -0.1) is 0 Å². The molecule has 0 radical (unpaired) electrons. The Morgan fingerprint density at radius 3 is 2.78 bits per heavy atom. The minimum Gasteiger partial charge on any atom is -0.504 e. The summed E-state index contributed by atoms with van der Waals surface area (Å²) in [6, 6.07) is 4.80. The molecule has 0 fully saturated rings. The van der Waals surface area contributed by atoms with Gasteiger partial charge in [0.25, 0.3) is 0 Å². The molecule has 0 spiro atoms. The van der Waals surface area contributed by atoms with Crippen molar-refractivity contribution in [1.82, 2.24) is 10.7 Å². The van der Waals surface area contributed by atoms with Crippen LogP contribution in [0.2, 0.25) is 0 Å². The zero-order chi connectivity index (χ0) is 17.1. The number of benzene rings is 1. The monoisotopic (exact) mass is 326 g/mol. The number of aromatic hydroxyl groups is 1. The SMILES string of the molecule is COc1cc(/C=C/C(=O)NCCCCCON(O)O)ccc1O. The summed E-state index contributed by atoms with van der Waals surface area (Å²) < 4.78 is 4.99. The molecule has 0 saturated carbocycles. The van der Waals surface area contributed by atoms with Gasteiger partial charge in [0.2, 0.25) is 5.91 Å². The molecule has 23 heavy (non-hydrogen) atoms. The second-order valence-corrected chi connectivity index (χ2v) is 4.70. The number of hydrogen-bond donors (Lipinski definition) is 4. The molecule has 1 aromatic carbocycles. The predicted molar refractivity (Wildman–Crippen MR) is 81.9 cm³/mol. The van der Waals surface area contributed by atoms with E-state index in [-0.39, 0.29) is 23.7 Å². The van der Waals surface area contributed by atoms with Crippen LogP contribution in [0.4, 0.5) is 0 Å². The number of nitrogens with one attached hydrogen (secondary N) is 1. The molecule has 0 saturated heterocycles. The minimum absolute atomic E-state index is 0.0450. The van der Waals surface area contributed by atoms with E-state index < -0.39 is 0 Å². The van der Waals surface area contributed by atoms with Gasteiger partial charge in [0, 0.05) is 12.6 Å². The normalized spacial score (nSPS) is 11.1. The molecular weight excluding hydrogens is 304 g/mol. The molecule has 1 rings (SSSR count). The lowest BCUT2D eigenvalue weighted by atomic mass is 10.2. The van der Waals surface area contributed by atoms with Crippen LogP contribution >= 0.6 is 0 Å². The summed E-state index contributed by atoms with van der Waals surface area (Å²) in [5.41, 5.74) is 0.740. The average molecular weight is 326 g/mol. The molecule has 8 heteroatoms. The summed E-state index contributed by atoms with van der Waals surface area (Å²) in [7, 11) is 1.46. The number of ether oxygens (including phenoxy) is 1. The van der Waals surface area contributed by atoms with Gasteiger partial charge in [-0.3, -0.25) is 20.0 Å². The molecule has 0 unspecified atom stereocenters. The maximum atomic E-state index is 11.6.